The van der Waals surface area contributed by atoms with Crippen molar-refractivity contribution < 1.29 is 33.3 Å². The lowest BCUT2D eigenvalue weighted by molar-refractivity contribution is -0.137. The summed E-state index contributed by atoms with van der Waals surface area (Å²) in [5.41, 5.74) is 5.59. The van der Waals surface area contributed by atoms with E-state index in [4.69, 9.17) is 24.3 Å². The zero-order valence-electron chi connectivity index (χ0n) is 34.6. The summed E-state index contributed by atoms with van der Waals surface area (Å²) in [5.74, 6) is -0.490. The number of aliphatic hydroxyl groups excluding tert-OH is 1. The lowest BCUT2D eigenvalue weighted by Crippen LogP contribution is -2.19. The van der Waals surface area contributed by atoms with Gasteiger partial charge in [0, 0.05) is 30.4 Å². The average molecular weight is 842 g/mol. The standard InChI is InChI=1S/C50H52FN3O6S/c1-3-5-8-14-36-17-19-37(20-18-36)39-23-27-44(45(51)34-39)43-28-26-42(33-40(43)35-52-54(29-13-30-55)50-53-46-15-9-10-16-47(46)61-50)60-49(57)38-21-24-41(25-22-38)58-31-11-6-7-12-32-59-48(56)4-2/h4,9-10,15-28,33-35,55H,2-3,5-8,11-14,29-32H2,1H3/b52-35+. The Bertz CT molecular complexity index is 2360. The van der Waals surface area contributed by atoms with E-state index >= 15 is 4.39 Å². The first-order chi connectivity index (χ1) is 29.8. The van der Waals surface area contributed by atoms with Crippen molar-refractivity contribution in [2.24, 2.45) is 5.10 Å². The number of esters is 2. The molecule has 0 spiro atoms. The minimum atomic E-state index is -0.565. The number of benzene rings is 5. The number of nitrogens with zero attached hydrogens (tertiary/aromatic N) is 3. The molecule has 1 N–H and O–H groups in total. The summed E-state index contributed by atoms with van der Waals surface area (Å²) in [6, 6.07) is 33.1. The number of hydrazone groups is 1. The van der Waals surface area contributed by atoms with E-state index in [2.05, 4.69) is 25.6 Å². The quantitative estimate of drug-likeness (QED) is 0.0170. The van der Waals surface area contributed by atoms with Gasteiger partial charge in [-0.25, -0.2) is 24.0 Å². The summed E-state index contributed by atoms with van der Waals surface area (Å²) < 4.78 is 33.9. The zero-order valence-corrected chi connectivity index (χ0v) is 35.4. The third kappa shape index (κ3) is 12.9. The fourth-order valence-electron chi connectivity index (χ4n) is 6.67. The van der Waals surface area contributed by atoms with E-state index in [9.17, 15) is 14.7 Å². The molecule has 1 heterocycles. The van der Waals surface area contributed by atoms with Crippen LogP contribution in [0.4, 0.5) is 9.52 Å². The van der Waals surface area contributed by atoms with Gasteiger partial charge in [-0.2, -0.15) is 5.10 Å². The van der Waals surface area contributed by atoms with Gasteiger partial charge in [0.05, 0.1) is 35.2 Å². The Morgan fingerprint density at radius 3 is 2.30 bits per heavy atom. The molecule has 0 saturated heterocycles. The molecule has 0 aliphatic rings. The van der Waals surface area contributed by atoms with Crippen molar-refractivity contribution in [2.75, 3.05) is 31.4 Å². The largest absolute Gasteiger partial charge is 0.494 e. The molecule has 6 rings (SSSR count). The molecule has 0 bridgehead atoms. The van der Waals surface area contributed by atoms with Crippen LogP contribution in [-0.4, -0.2) is 54.6 Å². The van der Waals surface area contributed by atoms with E-state index in [1.807, 2.05) is 42.5 Å². The normalized spacial score (nSPS) is 11.2. The van der Waals surface area contributed by atoms with Crippen molar-refractivity contribution in [1.82, 2.24) is 4.98 Å². The Morgan fingerprint density at radius 1 is 0.820 bits per heavy atom. The van der Waals surface area contributed by atoms with Crippen molar-refractivity contribution in [1.29, 1.82) is 0 Å². The number of aliphatic hydroxyl groups is 1. The monoisotopic (exact) mass is 841 g/mol. The minimum Gasteiger partial charge on any atom is -0.494 e. The number of aryl methyl sites for hydroxylation is 1. The SMILES string of the molecule is C=CC(=O)OCCCCCCOc1ccc(C(=O)Oc2ccc(-c3ccc(-c4ccc(CCCCC)cc4)cc3F)c(/C=N/N(CCCO)c3nc4ccccc4s3)c2)cc1. The van der Waals surface area contributed by atoms with Crippen molar-refractivity contribution >= 4 is 44.8 Å². The number of hydrogen-bond donors (Lipinski definition) is 1. The number of hydrogen-bond acceptors (Lipinski definition) is 10. The summed E-state index contributed by atoms with van der Waals surface area (Å²) in [6.45, 7) is 6.83. The summed E-state index contributed by atoms with van der Waals surface area (Å²) in [4.78, 5) is 29.3. The lowest BCUT2D eigenvalue weighted by Gasteiger charge is -2.16. The molecule has 9 nitrogen and oxygen atoms in total. The van der Waals surface area contributed by atoms with Crippen LogP contribution in [0.3, 0.4) is 0 Å². The number of aromatic nitrogens is 1. The minimum absolute atomic E-state index is 0.0299. The number of halogens is 1. The van der Waals surface area contributed by atoms with Crippen molar-refractivity contribution in [3.8, 4) is 33.8 Å². The number of ether oxygens (including phenoxy) is 3. The summed E-state index contributed by atoms with van der Waals surface area (Å²) in [6.07, 6.45) is 11.2. The van der Waals surface area contributed by atoms with E-state index in [0.29, 0.717) is 59.3 Å². The smallest absolute Gasteiger partial charge is 0.343 e. The van der Waals surface area contributed by atoms with E-state index < -0.39 is 17.8 Å². The first-order valence-electron chi connectivity index (χ1n) is 20.9. The van der Waals surface area contributed by atoms with Gasteiger partial charge >= 0.3 is 11.9 Å². The highest BCUT2D eigenvalue weighted by Crippen LogP contribution is 2.33. The Hall–Kier alpha value is -6.17. The number of thiazole rings is 1. The van der Waals surface area contributed by atoms with Crippen LogP contribution in [0.5, 0.6) is 11.5 Å². The zero-order chi connectivity index (χ0) is 42.8. The molecule has 0 aliphatic heterocycles. The highest BCUT2D eigenvalue weighted by Gasteiger charge is 2.17. The molecule has 0 unspecified atom stereocenters. The molecule has 1 aromatic heterocycles. The van der Waals surface area contributed by atoms with Crippen LogP contribution in [0.15, 0.2) is 127 Å². The summed E-state index contributed by atoms with van der Waals surface area (Å²) >= 11 is 1.48. The highest BCUT2D eigenvalue weighted by atomic mass is 32.1. The number of carbonyl (C=O) groups is 2. The van der Waals surface area contributed by atoms with Gasteiger partial charge < -0.3 is 19.3 Å². The molecule has 0 saturated carbocycles. The van der Waals surface area contributed by atoms with E-state index in [1.165, 1.54) is 29.7 Å². The molecule has 5 aromatic carbocycles. The molecular weight excluding hydrogens is 790 g/mol. The number of unbranched alkanes of at least 4 members (excludes halogenated alkanes) is 5. The van der Waals surface area contributed by atoms with Gasteiger partial charge in [0.2, 0.25) is 5.13 Å². The van der Waals surface area contributed by atoms with Crippen LogP contribution in [0, 0.1) is 5.82 Å². The van der Waals surface area contributed by atoms with Crippen LogP contribution in [0.1, 0.15) is 79.8 Å². The molecule has 0 radical (unpaired) electrons. The maximum Gasteiger partial charge on any atom is 0.343 e. The average Bonchev–Trinajstić information content (AvgIpc) is 3.72. The molecule has 316 valence electrons. The number of carbonyl (C=O) groups excluding carboxylic acids is 2. The van der Waals surface area contributed by atoms with Gasteiger partial charge in [0.1, 0.15) is 17.3 Å². The second kappa shape index (κ2) is 23.0. The van der Waals surface area contributed by atoms with Gasteiger partial charge in [-0.05, 0) is 128 Å². The van der Waals surface area contributed by atoms with Gasteiger partial charge in [-0.3, -0.25) is 0 Å². The topological polar surface area (TPSA) is 111 Å². The van der Waals surface area contributed by atoms with Crippen molar-refractivity contribution in [3.05, 3.63) is 144 Å². The third-order valence-corrected chi connectivity index (χ3v) is 11.1. The van der Waals surface area contributed by atoms with Crippen LogP contribution in [0.2, 0.25) is 0 Å². The number of anilines is 1. The second-order valence-electron chi connectivity index (χ2n) is 14.6. The molecule has 0 amide bonds. The molecule has 6 aromatic rings. The Balaban J connectivity index is 1.19. The summed E-state index contributed by atoms with van der Waals surface area (Å²) in [5, 5.41) is 16.9. The Morgan fingerprint density at radius 2 is 1.56 bits per heavy atom. The Kier molecular flexibility index (Phi) is 16.7. The van der Waals surface area contributed by atoms with Gasteiger partial charge in [0.15, 0.2) is 0 Å². The first kappa shape index (κ1) is 44.4. The molecule has 0 fully saturated rings. The van der Waals surface area contributed by atoms with Crippen LogP contribution in [-0.2, 0) is 16.0 Å². The van der Waals surface area contributed by atoms with E-state index in [0.717, 1.165) is 65.9 Å². The predicted octanol–water partition coefficient (Wildman–Crippen LogP) is 11.6. The number of fused-ring (bicyclic) bond motifs is 1. The fourth-order valence-corrected chi connectivity index (χ4v) is 7.62. The van der Waals surface area contributed by atoms with E-state index in [1.54, 1.807) is 65.8 Å². The maximum absolute atomic E-state index is 16.2. The molecule has 0 atom stereocenters. The second-order valence-corrected chi connectivity index (χ2v) is 15.6. The van der Waals surface area contributed by atoms with Crippen LogP contribution in [0.25, 0.3) is 32.5 Å². The molecule has 11 heteroatoms. The van der Waals surface area contributed by atoms with Gasteiger partial charge in [-0.1, -0.05) is 86.2 Å². The Labute approximate surface area is 361 Å². The van der Waals surface area contributed by atoms with Crippen molar-refractivity contribution in [3.63, 3.8) is 0 Å². The summed E-state index contributed by atoms with van der Waals surface area (Å²) in [7, 11) is 0. The first-order valence-corrected chi connectivity index (χ1v) is 21.7. The van der Waals surface area contributed by atoms with Gasteiger partial charge in [-0.15, -0.1) is 0 Å². The van der Waals surface area contributed by atoms with E-state index in [-0.39, 0.29) is 12.4 Å². The third-order valence-electron chi connectivity index (χ3n) is 10.0. The van der Waals surface area contributed by atoms with Crippen LogP contribution < -0.4 is 14.5 Å². The fraction of sp³-hybridized carbons (Fsp3) is 0.280. The molecular formula is C50H52FN3O6S. The highest BCUT2D eigenvalue weighted by molar-refractivity contribution is 7.22. The van der Waals surface area contributed by atoms with Crippen molar-refractivity contribution in [2.45, 2.75) is 64.7 Å². The predicted molar refractivity (Wildman–Crippen MR) is 243 cm³/mol. The molecule has 0 aliphatic carbocycles. The molecule has 61 heavy (non-hydrogen) atoms. The lowest BCUT2D eigenvalue weighted by atomic mass is 9.95. The number of rotatable bonds is 23. The maximum atomic E-state index is 16.2. The van der Waals surface area contributed by atoms with Crippen LogP contribution >= 0.6 is 11.3 Å². The number of para-hydroxylation sites is 1. The van der Waals surface area contributed by atoms with Gasteiger partial charge in [0.25, 0.3) is 0 Å².